The van der Waals surface area contributed by atoms with E-state index >= 15 is 0 Å². The van der Waals surface area contributed by atoms with Crippen LogP contribution in [0.5, 0.6) is 0 Å². The first-order valence-corrected chi connectivity index (χ1v) is 9.85. The molecule has 8 heteroatoms. The summed E-state index contributed by atoms with van der Waals surface area (Å²) in [5, 5.41) is 3.06. The second-order valence-electron chi connectivity index (χ2n) is 7.02. The van der Waals surface area contributed by atoms with Gasteiger partial charge in [-0.05, 0) is 37.6 Å². The summed E-state index contributed by atoms with van der Waals surface area (Å²) in [5.74, 6) is 0.249. The molecule has 0 bridgehead atoms. The number of aliphatic imine (C=N–C) groups is 1. The van der Waals surface area contributed by atoms with Crippen LogP contribution in [0.1, 0.15) is 24.7 Å². The maximum atomic E-state index is 14.1. The first kappa shape index (κ1) is 20.9. The maximum Gasteiger partial charge on any atom is 0.236 e. The Morgan fingerprint density at radius 1 is 1.21 bits per heavy atom. The summed E-state index contributed by atoms with van der Waals surface area (Å²) in [6.07, 6.45) is 1.36. The van der Waals surface area contributed by atoms with Gasteiger partial charge in [0.1, 0.15) is 5.69 Å². The Kier molecular flexibility index (Phi) is 6.87. The smallest absolute Gasteiger partial charge is 0.236 e. The lowest BCUT2D eigenvalue weighted by atomic mass is 10.2. The van der Waals surface area contributed by atoms with E-state index in [9.17, 15) is 9.18 Å². The van der Waals surface area contributed by atoms with E-state index in [0.29, 0.717) is 41.6 Å². The van der Waals surface area contributed by atoms with Gasteiger partial charge in [0.2, 0.25) is 5.95 Å². The molecular weight excluding hydrogens is 371 g/mol. The molecule has 1 saturated heterocycles. The fourth-order valence-electron chi connectivity index (χ4n) is 3.33. The van der Waals surface area contributed by atoms with Crippen molar-refractivity contribution in [2.75, 3.05) is 43.4 Å². The Labute approximate surface area is 170 Å². The minimum Gasteiger partial charge on any atom is -0.371 e. The number of aryl methyl sites for hydroxylation is 1. The number of nitrogens with zero attached hydrogens (tertiary/aromatic N) is 5. The minimum absolute atomic E-state index is 0.406. The topological polar surface area (TPSA) is 73.7 Å². The number of piperazine rings is 1. The van der Waals surface area contributed by atoms with Crippen molar-refractivity contribution < 1.29 is 9.18 Å². The fourth-order valence-corrected chi connectivity index (χ4v) is 3.33. The highest BCUT2D eigenvalue weighted by Gasteiger charge is 2.20. The quantitative estimate of drug-likeness (QED) is 0.439. The van der Waals surface area contributed by atoms with Crippen LogP contribution in [0.4, 0.5) is 21.6 Å². The van der Waals surface area contributed by atoms with E-state index in [1.165, 1.54) is 0 Å². The van der Waals surface area contributed by atoms with Crippen molar-refractivity contribution in [3.63, 3.8) is 0 Å². The van der Waals surface area contributed by atoms with Crippen LogP contribution in [0.3, 0.4) is 0 Å². The summed E-state index contributed by atoms with van der Waals surface area (Å²) in [4.78, 5) is 28.3. The summed E-state index contributed by atoms with van der Waals surface area (Å²) in [5.41, 5.74) is 3.32. The van der Waals surface area contributed by atoms with Crippen molar-refractivity contribution in [2.24, 2.45) is 4.99 Å². The number of aldehydes is 1. The first-order chi connectivity index (χ1) is 14.0. The van der Waals surface area contributed by atoms with Crippen molar-refractivity contribution in [3.05, 3.63) is 41.6 Å². The number of halogens is 1. The van der Waals surface area contributed by atoms with Gasteiger partial charge in [0.15, 0.2) is 12.1 Å². The van der Waals surface area contributed by atoms with Crippen LogP contribution in [-0.4, -0.2) is 60.1 Å². The third-order valence-electron chi connectivity index (χ3n) is 5.00. The molecule has 1 aliphatic rings. The van der Waals surface area contributed by atoms with Crippen molar-refractivity contribution in [3.8, 4) is 0 Å². The highest BCUT2D eigenvalue weighted by Crippen LogP contribution is 2.24. The summed E-state index contributed by atoms with van der Waals surface area (Å²) < 4.78 is 14.1. The molecule has 0 radical (unpaired) electrons. The van der Waals surface area contributed by atoms with Gasteiger partial charge in [-0.15, -0.1) is 0 Å². The van der Waals surface area contributed by atoms with E-state index in [2.05, 4.69) is 25.2 Å². The number of carbonyl (C=O) groups excluding carboxylic acids is 1. The second-order valence-corrected chi connectivity index (χ2v) is 7.02. The molecule has 1 fully saturated rings. The average Bonchev–Trinajstić information content (AvgIpc) is 2.73. The zero-order valence-electron chi connectivity index (χ0n) is 17.2. The van der Waals surface area contributed by atoms with E-state index < -0.39 is 5.95 Å². The molecule has 2 aromatic rings. The van der Waals surface area contributed by atoms with Crippen molar-refractivity contribution in [2.45, 2.75) is 26.8 Å². The SMILES string of the molecule is CCC(C=O)=Nc1ccc(CN2CCN(c3ccc(C)nc3F)CC2)nc1NC. The lowest BCUT2D eigenvalue weighted by molar-refractivity contribution is -0.102. The zero-order valence-corrected chi connectivity index (χ0v) is 17.2. The summed E-state index contributed by atoms with van der Waals surface area (Å²) in [6.45, 7) is 7.49. The summed E-state index contributed by atoms with van der Waals surface area (Å²) in [7, 11) is 1.79. The number of carbonyl (C=O) groups is 1. The number of pyridine rings is 2. The van der Waals surface area contributed by atoms with E-state index in [-0.39, 0.29) is 0 Å². The van der Waals surface area contributed by atoms with Crippen molar-refractivity contribution >= 4 is 29.2 Å². The Morgan fingerprint density at radius 2 is 1.97 bits per heavy atom. The minimum atomic E-state index is -0.406. The molecule has 154 valence electrons. The average molecular weight is 398 g/mol. The van der Waals surface area contributed by atoms with Crippen LogP contribution < -0.4 is 10.2 Å². The molecule has 1 aliphatic heterocycles. The van der Waals surface area contributed by atoms with Gasteiger partial charge in [0.05, 0.1) is 17.1 Å². The van der Waals surface area contributed by atoms with Gasteiger partial charge in [-0.1, -0.05) is 6.92 Å². The molecule has 3 rings (SSSR count). The van der Waals surface area contributed by atoms with Crippen molar-refractivity contribution in [1.29, 1.82) is 0 Å². The van der Waals surface area contributed by atoms with Gasteiger partial charge in [0, 0.05) is 45.5 Å². The highest BCUT2D eigenvalue weighted by atomic mass is 19.1. The molecule has 29 heavy (non-hydrogen) atoms. The van der Waals surface area contributed by atoms with E-state index in [1.54, 1.807) is 20.0 Å². The lowest BCUT2D eigenvalue weighted by Gasteiger charge is -2.35. The highest BCUT2D eigenvalue weighted by molar-refractivity contribution is 6.28. The van der Waals surface area contributed by atoms with Gasteiger partial charge in [-0.3, -0.25) is 9.69 Å². The summed E-state index contributed by atoms with van der Waals surface area (Å²) >= 11 is 0. The van der Waals surface area contributed by atoms with Gasteiger partial charge < -0.3 is 10.2 Å². The molecule has 3 heterocycles. The lowest BCUT2D eigenvalue weighted by Crippen LogP contribution is -2.46. The molecular formula is C21H27FN6O. The van der Waals surface area contributed by atoms with Crippen LogP contribution in [0.25, 0.3) is 0 Å². The first-order valence-electron chi connectivity index (χ1n) is 9.85. The monoisotopic (exact) mass is 398 g/mol. The third-order valence-corrected chi connectivity index (χ3v) is 5.00. The number of anilines is 2. The molecule has 7 nitrogen and oxygen atoms in total. The van der Waals surface area contributed by atoms with Gasteiger partial charge in [-0.25, -0.2) is 15.0 Å². The third kappa shape index (κ3) is 5.14. The number of nitrogens with one attached hydrogen (secondary N) is 1. The zero-order chi connectivity index (χ0) is 20.8. The van der Waals surface area contributed by atoms with E-state index in [4.69, 9.17) is 0 Å². The standard InChI is InChI=1S/C21H27FN6O/c1-4-16(14-29)25-18-7-6-17(26-21(18)23-3)13-27-9-11-28(12-10-27)19-8-5-15(2)24-20(19)22/h5-8,14H,4,9-13H2,1-3H3,(H,23,26). The van der Waals surface area contributed by atoms with E-state index in [0.717, 1.165) is 38.2 Å². The number of hydrogen-bond acceptors (Lipinski definition) is 7. The van der Waals surface area contributed by atoms with Crippen LogP contribution >= 0.6 is 0 Å². The fraction of sp³-hybridized carbons (Fsp3) is 0.429. The largest absolute Gasteiger partial charge is 0.371 e. The van der Waals surface area contributed by atoms with Crippen LogP contribution in [0.2, 0.25) is 0 Å². The van der Waals surface area contributed by atoms with Gasteiger partial charge >= 0.3 is 0 Å². The number of rotatable bonds is 7. The molecule has 0 atom stereocenters. The molecule has 1 N–H and O–H groups in total. The Morgan fingerprint density at radius 3 is 2.59 bits per heavy atom. The Balaban J connectivity index is 1.64. The molecule has 0 saturated carbocycles. The number of aromatic nitrogens is 2. The van der Waals surface area contributed by atoms with Gasteiger partial charge in [-0.2, -0.15) is 4.39 Å². The maximum absolute atomic E-state index is 14.1. The second kappa shape index (κ2) is 9.56. The number of hydrogen-bond donors (Lipinski definition) is 1. The molecule has 0 aliphatic carbocycles. The molecule has 0 aromatic carbocycles. The predicted octanol–water partition coefficient (Wildman–Crippen LogP) is 2.97. The van der Waals surface area contributed by atoms with Crippen LogP contribution in [-0.2, 0) is 11.3 Å². The van der Waals surface area contributed by atoms with E-state index in [1.807, 2.05) is 30.0 Å². The van der Waals surface area contributed by atoms with Crippen molar-refractivity contribution in [1.82, 2.24) is 14.9 Å². The molecule has 2 aromatic heterocycles. The molecule has 0 spiro atoms. The molecule has 0 unspecified atom stereocenters. The van der Waals surface area contributed by atoms with Gasteiger partial charge in [0.25, 0.3) is 0 Å². The van der Waals surface area contributed by atoms with Crippen LogP contribution in [0, 0.1) is 12.9 Å². The predicted molar refractivity (Wildman–Crippen MR) is 114 cm³/mol. The normalized spacial score (nSPS) is 15.4. The van der Waals surface area contributed by atoms with Crippen LogP contribution in [0.15, 0.2) is 29.3 Å². The molecule has 0 amide bonds. The Hall–Kier alpha value is -2.87. The Bertz CT molecular complexity index is 893. The summed E-state index contributed by atoms with van der Waals surface area (Å²) in [6, 6.07) is 7.47.